The molecule has 0 saturated carbocycles. The molecule has 0 amide bonds. The van der Waals surface area contributed by atoms with Crippen molar-refractivity contribution in [3.63, 3.8) is 0 Å². The van der Waals surface area contributed by atoms with Crippen molar-refractivity contribution in [1.29, 1.82) is 0 Å². The molecule has 2 aromatic carbocycles. The third-order valence-electron chi connectivity index (χ3n) is 6.24. The lowest BCUT2D eigenvalue weighted by Crippen LogP contribution is -2.39. The summed E-state index contributed by atoms with van der Waals surface area (Å²) in [5, 5.41) is 5.15. The van der Waals surface area contributed by atoms with E-state index in [9.17, 15) is 0 Å². The molecule has 0 atom stereocenters. The van der Waals surface area contributed by atoms with Crippen LogP contribution in [-0.2, 0) is 0 Å². The van der Waals surface area contributed by atoms with Crippen LogP contribution in [0.4, 0.5) is 0 Å². The fraction of sp³-hybridized carbons (Fsp3) is 0.0345. The van der Waals surface area contributed by atoms with Crippen LogP contribution in [0, 0.1) is 5.41 Å². The number of hydrogen-bond acceptors (Lipinski definition) is 0. The number of benzene rings is 2. The first-order chi connectivity index (χ1) is 14.4. The lowest BCUT2D eigenvalue weighted by Gasteiger charge is -2.38. The Hall–Kier alpha value is -3.64. The molecular formula is C29H20. The van der Waals surface area contributed by atoms with Crippen LogP contribution in [0.2, 0.25) is 0 Å². The van der Waals surface area contributed by atoms with Crippen molar-refractivity contribution in [1.82, 2.24) is 0 Å². The summed E-state index contributed by atoms with van der Waals surface area (Å²) in [6.07, 6.45) is 26.9. The van der Waals surface area contributed by atoms with Crippen LogP contribution >= 0.6 is 0 Å². The molecule has 4 aliphatic carbocycles. The highest BCUT2D eigenvalue weighted by Gasteiger charge is 2.39. The van der Waals surface area contributed by atoms with Gasteiger partial charge >= 0.3 is 0 Å². The maximum absolute atomic E-state index is 2.37. The summed E-state index contributed by atoms with van der Waals surface area (Å²) in [6.45, 7) is 0. The molecule has 0 heteroatoms. The molecule has 0 nitrogen and oxygen atoms in total. The highest BCUT2D eigenvalue weighted by molar-refractivity contribution is 5.96. The van der Waals surface area contributed by atoms with Gasteiger partial charge in [-0.2, -0.15) is 0 Å². The number of allylic oxidation sites excluding steroid dienone is 12. The first-order valence-electron chi connectivity index (χ1n) is 10.1. The molecule has 0 N–H and O–H groups in total. The Morgan fingerprint density at radius 2 is 0.966 bits per heavy atom. The molecule has 0 radical (unpaired) electrons. The van der Waals surface area contributed by atoms with E-state index >= 15 is 0 Å². The molecular weight excluding hydrogens is 348 g/mol. The van der Waals surface area contributed by atoms with E-state index in [1.54, 1.807) is 0 Å². The van der Waals surface area contributed by atoms with E-state index < -0.39 is 0 Å². The van der Waals surface area contributed by atoms with E-state index in [1.165, 1.54) is 43.2 Å². The van der Waals surface area contributed by atoms with Crippen LogP contribution in [0.3, 0.4) is 0 Å². The van der Waals surface area contributed by atoms with Crippen LogP contribution in [0.25, 0.3) is 23.3 Å². The fourth-order valence-electron chi connectivity index (χ4n) is 5.05. The van der Waals surface area contributed by atoms with Gasteiger partial charge in [-0.1, -0.05) is 121 Å². The molecule has 0 fully saturated rings. The largest absolute Gasteiger partial charge is 0.0657 e. The minimum absolute atomic E-state index is 0.300. The summed E-state index contributed by atoms with van der Waals surface area (Å²) in [4.78, 5) is 0. The van der Waals surface area contributed by atoms with E-state index in [0.29, 0.717) is 0 Å². The molecule has 2 aromatic rings. The Bertz CT molecular complexity index is 1360. The summed E-state index contributed by atoms with van der Waals surface area (Å²) in [6, 6.07) is 17.5. The molecule has 0 aliphatic heterocycles. The average molecular weight is 368 g/mol. The van der Waals surface area contributed by atoms with Gasteiger partial charge in [-0.3, -0.25) is 0 Å². The van der Waals surface area contributed by atoms with Crippen molar-refractivity contribution in [3.8, 4) is 0 Å². The molecule has 4 aliphatic rings. The van der Waals surface area contributed by atoms with Gasteiger partial charge in [0.1, 0.15) is 0 Å². The molecule has 0 saturated heterocycles. The van der Waals surface area contributed by atoms with Gasteiger partial charge in [0.25, 0.3) is 0 Å². The maximum Gasteiger partial charge on any atom is 0.0592 e. The summed E-state index contributed by atoms with van der Waals surface area (Å²) in [5.74, 6) is 0. The minimum Gasteiger partial charge on any atom is -0.0657 e. The Morgan fingerprint density at radius 1 is 0.483 bits per heavy atom. The molecule has 0 unspecified atom stereocenters. The van der Waals surface area contributed by atoms with Gasteiger partial charge in [0.2, 0.25) is 0 Å². The van der Waals surface area contributed by atoms with Gasteiger partial charge in [-0.05, 0) is 43.2 Å². The zero-order chi connectivity index (χ0) is 19.3. The fourth-order valence-corrected chi connectivity index (χ4v) is 5.05. The number of hydrogen-bond donors (Lipinski definition) is 0. The van der Waals surface area contributed by atoms with Gasteiger partial charge in [0, 0.05) is 0 Å². The van der Waals surface area contributed by atoms with E-state index in [-0.39, 0.29) is 5.41 Å². The molecule has 0 aromatic heterocycles. The summed E-state index contributed by atoms with van der Waals surface area (Å²) >= 11 is 0. The number of rotatable bonds is 0. The predicted octanol–water partition coefficient (Wildman–Crippen LogP) is 3.37. The molecule has 0 bridgehead atoms. The Balaban J connectivity index is 1.85. The standard InChI is InChI=1S/C29H20/c1-3-17-25-21(9-1)11-5-13-23-15-7-19-29(27(23)25)20-8-16-24-14-6-12-22-10-2-4-18-26(22)28(24)29/h1-20H. The quantitative estimate of drug-likeness (QED) is 0.669. The van der Waals surface area contributed by atoms with E-state index in [1.807, 2.05) is 0 Å². The van der Waals surface area contributed by atoms with E-state index in [0.717, 1.165) is 0 Å². The van der Waals surface area contributed by atoms with Crippen molar-refractivity contribution in [2.24, 2.45) is 5.41 Å². The van der Waals surface area contributed by atoms with Crippen LogP contribution < -0.4 is 20.9 Å². The lowest BCUT2D eigenvalue weighted by atomic mass is 9.63. The second-order valence-electron chi connectivity index (χ2n) is 7.81. The Kier molecular flexibility index (Phi) is 3.48. The average Bonchev–Trinajstić information content (AvgIpc) is 3.07. The number of fused-ring (bicyclic) bond motifs is 6. The van der Waals surface area contributed by atoms with E-state index in [2.05, 4.69) is 121 Å². The smallest absolute Gasteiger partial charge is 0.0592 e. The summed E-state index contributed by atoms with van der Waals surface area (Å²) in [7, 11) is 0. The van der Waals surface area contributed by atoms with Gasteiger partial charge in [0.15, 0.2) is 0 Å². The summed E-state index contributed by atoms with van der Waals surface area (Å²) < 4.78 is 0. The molecule has 0 heterocycles. The van der Waals surface area contributed by atoms with Gasteiger partial charge in [-0.25, -0.2) is 0 Å². The third-order valence-corrected chi connectivity index (χ3v) is 6.24. The zero-order valence-corrected chi connectivity index (χ0v) is 16.0. The van der Waals surface area contributed by atoms with Crippen molar-refractivity contribution < 1.29 is 0 Å². The second-order valence-corrected chi connectivity index (χ2v) is 7.81. The summed E-state index contributed by atoms with van der Waals surface area (Å²) in [5.41, 5.74) is 4.99. The Morgan fingerprint density at radius 3 is 1.48 bits per heavy atom. The molecule has 1 spiro atoms. The van der Waals surface area contributed by atoms with Crippen LogP contribution in [0.15, 0.2) is 120 Å². The molecule has 6 rings (SSSR count). The highest BCUT2D eigenvalue weighted by atomic mass is 14.4. The van der Waals surface area contributed by atoms with Crippen molar-refractivity contribution in [2.75, 3.05) is 0 Å². The van der Waals surface area contributed by atoms with Gasteiger partial charge in [0.05, 0.1) is 5.41 Å². The lowest BCUT2D eigenvalue weighted by molar-refractivity contribution is 0.844. The van der Waals surface area contributed by atoms with Gasteiger partial charge in [-0.15, -0.1) is 0 Å². The van der Waals surface area contributed by atoms with Gasteiger partial charge < -0.3 is 0 Å². The van der Waals surface area contributed by atoms with Crippen LogP contribution in [0.5, 0.6) is 0 Å². The molecule has 29 heavy (non-hydrogen) atoms. The second kappa shape index (κ2) is 6.18. The van der Waals surface area contributed by atoms with E-state index in [4.69, 9.17) is 0 Å². The topological polar surface area (TPSA) is 0 Å². The predicted molar refractivity (Wildman–Crippen MR) is 122 cm³/mol. The first kappa shape index (κ1) is 16.3. The third kappa shape index (κ3) is 2.33. The molecule has 136 valence electrons. The first-order valence-corrected chi connectivity index (χ1v) is 10.1. The normalized spacial score (nSPS) is 19.6. The monoisotopic (exact) mass is 368 g/mol. The maximum atomic E-state index is 2.37. The van der Waals surface area contributed by atoms with Crippen LogP contribution in [-0.4, -0.2) is 0 Å². The minimum atomic E-state index is -0.300. The highest BCUT2D eigenvalue weighted by Crippen LogP contribution is 2.50. The van der Waals surface area contributed by atoms with Crippen molar-refractivity contribution in [2.45, 2.75) is 0 Å². The van der Waals surface area contributed by atoms with Crippen molar-refractivity contribution in [3.05, 3.63) is 141 Å². The zero-order valence-electron chi connectivity index (χ0n) is 16.0. The Labute approximate surface area is 170 Å². The van der Waals surface area contributed by atoms with Crippen LogP contribution in [0.1, 0.15) is 0 Å². The SMILES string of the molecule is C1=CC2=CC=CC3(C=CC=C4C=CC=c5ccccc5=C43)C2=c2ccccc2=C1. The van der Waals surface area contributed by atoms with Crippen molar-refractivity contribution >= 4 is 23.3 Å².